The highest BCUT2D eigenvalue weighted by molar-refractivity contribution is 7.96. The molecule has 2 atom stereocenters. The molecule has 0 aromatic carbocycles. The molecule has 0 saturated carbocycles. The SMILES string of the molecule is CCC(=S)C(C)CC(C#N)C(=O)S. The Bertz CT molecular complexity index is 244. The lowest BCUT2D eigenvalue weighted by Gasteiger charge is -2.12. The summed E-state index contributed by atoms with van der Waals surface area (Å²) < 4.78 is 0. The van der Waals surface area contributed by atoms with Gasteiger partial charge in [-0.15, -0.1) is 12.6 Å². The van der Waals surface area contributed by atoms with Gasteiger partial charge in [-0.05, 0) is 23.6 Å². The second-order valence-corrected chi connectivity index (χ2v) is 3.94. The van der Waals surface area contributed by atoms with Gasteiger partial charge >= 0.3 is 0 Å². The maximum absolute atomic E-state index is 10.8. The summed E-state index contributed by atoms with van der Waals surface area (Å²) in [5.41, 5.74) is 0. The molecule has 0 rings (SSSR count). The number of nitriles is 1. The molecule has 4 heteroatoms. The van der Waals surface area contributed by atoms with Crippen molar-refractivity contribution in [3.63, 3.8) is 0 Å². The first-order valence-electron chi connectivity index (χ1n) is 4.18. The molecule has 0 amide bonds. The number of carbonyl (C=O) groups is 1. The second kappa shape index (κ2) is 6.11. The molecule has 2 unspecified atom stereocenters. The van der Waals surface area contributed by atoms with Gasteiger partial charge in [0, 0.05) is 0 Å². The zero-order valence-electron chi connectivity index (χ0n) is 7.78. The Morgan fingerprint density at radius 1 is 1.69 bits per heavy atom. The molecule has 13 heavy (non-hydrogen) atoms. The first-order chi connectivity index (χ1) is 6.02. The van der Waals surface area contributed by atoms with Crippen molar-refractivity contribution < 1.29 is 4.79 Å². The molecule has 0 aromatic rings. The van der Waals surface area contributed by atoms with E-state index in [4.69, 9.17) is 17.5 Å². The van der Waals surface area contributed by atoms with Crippen molar-refractivity contribution in [1.82, 2.24) is 0 Å². The molecule has 72 valence electrons. The Hall–Kier alpha value is -0.400. The number of thiol groups is 1. The van der Waals surface area contributed by atoms with E-state index in [0.29, 0.717) is 6.42 Å². The zero-order chi connectivity index (χ0) is 10.4. The fraction of sp³-hybridized carbons (Fsp3) is 0.667. The number of nitrogens with zero attached hydrogens (tertiary/aromatic N) is 1. The van der Waals surface area contributed by atoms with Crippen LogP contribution in [0.1, 0.15) is 26.7 Å². The first-order valence-corrected chi connectivity index (χ1v) is 5.03. The smallest absolute Gasteiger partial charge is 0.203 e. The van der Waals surface area contributed by atoms with Crippen molar-refractivity contribution in [2.75, 3.05) is 0 Å². The lowest BCUT2D eigenvalue weighted by atomic mass is 9.94. The summed E-state index contributed by atoms with van der Waals surface area (Å²) in [5.74, 6) is -0.483. The van der Waals surface area contributed by atoms with E-state index in [1.165, 1.54) is 0 Å². The van der Waals surface area contributed by atoms with Crippen LogP contribution in [0.2, 0.25) is 0 Å². The predicted molar refractivity (Wildman–Crippen MR) is 59.8 cm³/mol. The fourth-order valence-corrected chi connectivity index (χ4v) is 1.30. The van der Waals surface area contributed by atoms with Gasteiger partial charge in [-0.1, -0.05) is 26.1 Å². The number of rotatable bonds is 5. The fourth-order valence-electron chi connectivity index (χ4n) is 1.04. The molecule has 0 aliphatic rings. The Morgan fingerprint density at radius 3 is 2.54 bits per heavy atom. The van der Waals surface area contributed by atoms with Crippen molar-refractivity contribution in [3.05, 3.63) is 0 Å². The monoisotopic (exact) mass is 215 g/mol. The summed E-state index contributed by atoms with van der Waals surface area (Å²) in [6.07, 6.45) is 1.31. The Morgan fingerprint density at radius 2 is 2.23 bits per heavy atom. The van der Waals surface area contributed by atoms with Crippen LogP contribution < -0.4 is 0 Å². The van der Waals surface area contributed by atoms with Gasteiger partial charge in [-0.2, -0.15) is 5.26 Å². The first kappa shape index (κ1) is 12.6. The van der Waals surface area contributed by atoms with Crippen molar-refractivity contribution in [3.8, 4) is 6.07 Å². The standard InChI is InChI=1S/C9H13NOS2/c1-3-8(12)6(2)4-7(5-10)9(11)13/h6-7H,3-4H2,1-2H3,(H,11,13). The van der Waals surface area contributed by atoms with E-state index < -0.39 is 5.92 Å². The second-order valence-electron chi connectivity index (χ2n) is 2.98. The van der Waals surface area contributed by atoms with Gasteiger partial charge < -0.3 is 0 Å². The third-order valence-electron chi connectivity index (χ3n) is 1.94. The highest BCUT2D eigenvalue weighted by Gasteiger charge is 2.19. The Balaban J connectivity index is 4.19. The summed E-state index contributed by atoms with van der Waals surface area (Å²) in [7, 11) is 0. The third kappa shape index (κ3) is 4.39. The van der Waals surface area contributed by atoms with Crippen molar-refractivity contribution in [2.24, 2.45) is 11.8 Å². The van der Waals surface area contributed by atoms with Crippen molar-refractivity contribution in [2.45, 2.75) is 26.7 Å². The number of hydrogen-bond donors (Lipinski definition) is 1. The van der Waals surface area contributed by atoms with E-state index in [2.05, 4.69) is 12.6 Å². The predicted octanol–water partition coefficient (Wildman–Crippen LogP) is 2.39. The lowest BCUT2D eigenvalue weighted by Crippen LogP contribution is -2.16. The summed E-state index contributed by atoms with van der Waals surface area (Å²) in [6, 6.07) is 1.93. The van der Waals surface area contributed by atoms with Gasteiger partial charge in [0.1, 0.15) is 5.92 Å². The number of carbonyl (C=O) groups excluding carboxylic acids is 1. The number of thiocarbonyl (C=S) groups is 1. The minimum Gasteiger partial charge on any atom is -0.286 e. The molecule has 0 heterocycles. The van der Waals surface area contributed by atoms with Gasteiger partial charge in [-0.25, -0.2) is 0 Å². The topological polar surface area (TPSA) is 40.9 Å². The molecular formula is C9H13NOS2. The number of hydrogen-bond acceptors (Lipinski definition) is 3. The summed E-state index contributed by atoms with van der Waals surface area (Å²) in [4.78, 5) is 11.7. The molecular weight excluding hydrogens is 202 g/mol. The van der Waals surface area contributed by atoms with E-state index in [1.54, 1.807) is 0 Å². The van der Waals surface area contributed by atoms with E-state index in [0.717, 1.165) is 11.3 Å². The molecule has 2 nitrogen and oxygen atoms in total. The molecule has 0 bridgehead atoms. The Labute approximate surface area is 89.7 Å². The van der Waals surface area contributed by atoms with Crippen LogP contribution in [0.15, 0.2) is 0 Å². The van der Waals surface area contributed by atoms with Gasteiger partial charge in [0.2, 0.25) is 5.12 Å². The minimum atomic E-state index is -0.622. The van der Waals surface area contributed by atoms with E-state index in [-0.39, 0.29) is 11.0 Å². The molecule has 0 N–H and O–H groups in total. The summed E-state index contributed by atoms with van der Waals surface area (Å²) in [6.45, 7) is 3.91. The summed E-state index contributed by atoms with van der Waals surface area (Å²) in [5, 5.41) is 8.27. The maximum Gasteiger partial charge on any atom is 0.203 e. The van der Waals surface area contributed by atoms with Gasteiger partial charge in [0.25, 0.3) is 0 Å². The zero-order valence-corrected chi connectivity index (χ0v) is 9.49. The minimum absolute atomic E-state index is 0.140. The van der Waals surface area contributed by atoms with Crippen LogP contribution in [0.3, 0.4) is 0 Å². The highest BCUT2D eigenvalue weighted by atomic mass is 32.1. The van der Waals surface area contributed by atoms with Crippen LogP contribution in [0.4, 0.5) is 0 Å². The molecule has 0 saturated heterocycles. The highest BCUT2D eigenvalue weighted by Crippen LogP contribution is 2.17. The van der Waals surface area contributed by atoms with E-state index in [9.17, 15) is 4.79 Å². The molecule has 0 aliphatic heterocycles. The lowest BCUT2D eigenvalue weighted by molar-refractivity contribution is -0.113. The Kier molecular flexibility index (Phi) is 5.93. The van der Waals surface area contributed by atoms with Crippen LogP contribution in [0, 0.1) is 23.2 Å². The van der Waals surface area contributed by atoms with E-state index >= 15 is 0 Å². The average molecular weight is 215 g/mol. The summed E-state index contributed by atoms with van der Waals surface area (Å²) >= 11 is 8.73. The normalized spacial score (nSPS) is 14.3. The van der Waals surface area contributed by atoms with Crippen LogP contribution in [-0.2, 0) is 4.79 Å². The molecule has 0 fully saturated rings. The van der Waals surface area contributed by atoms with Crippen LogP contribution in [-0.4, -0.2) is 9.98 Å². The van der Waals surface area contributed by atoms with Crippen LogP contribution in [0.25, 0.3) is 0 Å². The van der Waals surface area contributed by atoms with Gasteiger partial charge in [-0.3, -0.25) is 4.79 Å². The molecule has 0 radical (unpaired) electrons. The molecule has 0 spiro atoms. The van der Waals surface area contributed by atoms with Crippen molar-refractivity contribution >= 4 is 34.8 Å². The van der Waals surface area contributed by atoms with Crippen LogP contribution in [0.5, 0.6) is 0 Å². The van der Waals surface area contributed by atoms with Crippen LogP contribution >= 0.6 is 24.8 Å². The average Bonchev–Trinajstić information content (AvgIpc) is 2.11. The quantitative estimate of drug-likeness (QED) is 0.565. The molecule has 0 aliphatic carbocycles. The van der Waals surface area contributed by atoms with E-state index in [1.807, 2.05) is 19.9 Å². The van der Waals surface area contributed by atoms with Crippen molar-refractivity contribution in [1.29, 1.82) is 5.26 Å². The largest absolute Gasteiger partial charge is 0.286 e. The van der Waals surface area contributed by atoms with Gasteiger partial charge in [0.05, 0.1) is 6.07 Å². The maximum atomic E-state index is 10.8. The molecule has 0 aromatic heterocycles. The third-order valence-corrected chi connectivity index (χ3v) is 2.94. The van der Waals surface area contributed by atoms with Gasteiger partial charge in [0.15, 0.2) is 0 Å².